The standard InChI is InChI=1S/C13H17N5/c14-10-1-4-12(5-2-10)16-7-8-17-13-6-3-11(15)9-18-13/h1-6,9,16H,7-8,14-15H2,(H,17,18). The summed E-state index contributed by atoms with van der Waals surface area (Å²) < 4.78 is 0. The first-order valence-electron chi connectivity index (χ1n) is 5.79. The molecular formula is C13H17N5. The fraction of sp³-hybridized carbons (Fsp3) is 0.154. The SMILES string of the molecule is Nc1ccc(NCCNc2ccc(N)cn2)cc1. The maximum atomic E-state index is 5.61. The van der Waals surface area contributed by atoms with E-state index in [1.165, 1.54) is 0 Å². The predicted molar refractivity (Wildman–Crippen MR) is 76.5 cm³/mol. The van der Waals surface area contributed by atoms with Crippen molar-refractivity contribution in [1.82, 2.24) is 4.98 Å². The number of nitrogens with zero attached hydrogens (tertiary/aromatic N) is 1. The summed E-state index contributed by atoms with van der Waals surface area (Å²) in [6.45, 7) is 1.58. The maximum absolute atomic E-state index is 5.61. The monoisotopic (exact) mass is 243 g/mol. The first-order chi connectivity index (χ1) is 8.74. The molecule has 0 atom stereocenters. The van der Waals surface area contributed by atoms with Gasteiger partial charge < -0.3 is 22.1 Å². The van der Waals surface area contributed by atoms with Gasteiger partial charge >= 0.3 is 0 Å². The first-order valence-corrected chi connectivity index (χ1v) is 5.79. The highest BCUT2D eigenvalue weighted by atomic mass is 15.0. The lowest BCUT2D eigenvalue weighted by Crippen LogP contribution is -2.14. The van der Waals surface area contributed by atoms with Gasteiger partial charge in [-0.2, -0.15) is 0 Å². The lowest BCUT2D eigenvalue weighted by Gasteiger charge is -2.08. The van der Waals surface area contributed by atoms with Crippen molar-refractivity contribution < 1.29 is 0 Å². The molecule has 0 aliphatic rings. The van der Waals surface area contributed by atoms with Crippen molar-refractivity contribution in [1.29, 1.82) is 0 Å². The van der Waals surface area contributed by atoms with E-state index in [4.69, 9.17) is 11.5 Å². The zero-order valence-electron chi connectivity index (χ0n) is 10.1. The minimum absolute atomic E-state index is 0.667. The van der Waals surface area contributed by atoms with E-state index in [-0.39, 0.29) is 0 Å². The van der Waals surface area contributed by atoms with E-state index in [2.05, 4.69) is 15.6 Å². The summed E-state index contributed by atoms with van der Waals surface area (Å²) in [5.74, 6) is 0.823. The van der Waals surface area contributed by atoms with Crippen LogP contribution in [0.3, 0.4) is 0 Å². The second-order valence-corrected chi connectivity index (χ2v) is 3.95. The zero-order valence-corrected chi connectivity index (χ0v) is 10.1. The molecule has 0 saturated carbocycles. The average Bonchev–Trinajstić information content (AvgIpc) is 2.39. The molecule has 0 bridgehead atoms. The number of hydrogen-bond acceptors (Lipinski definition) is 5. The Balaban J connectivity index is 1.73. The van der Waals surface area contributed by atoms with E-state index in [9.17, 15) is 0 Å². The van der Waals surface area contributed by atoms with Gasteiger partial charge in [0.05, 0.1) is 11.9 Å². The summed E-state index contributed by atoms with van der Waals surface area (Å²) in [5.41, 5.74) is 13.7. The topological polar surface area (TPSA) is 89.0 Å². The number of nitrogen functional groups attached to an aromatic ring is 2. The molecule has 0 aliphatic carbocycles. The molecule has 0 spiro atoms. The van der Waals surface area contributed by atoms with Gasteiger partial charge in [-0.3, -0.25) is 0 Å². The Hall–Kier alpha value is -2.43. The lowest BCUT2D eigenvalue weighted by atomic mass is 10.3. The highest BCUT2D eigenvalue weighted by Gasteiger charge is 1.94. The second kappa shape index (κ2) is 5.77. The molecule has 1 aromatic carbocycles. The Labute approximate surface area is 106 Å². The number of nitrogens with two attached hydrogens (primary N) is 2. The van der Waals surface area contributed by atoms with Crippen LogP contribution in [0.25, 0.3) is 0 Å². The summed E-state index contributed by atoms with van der Waals surface area (Å²) in [6.07, 6.45) is 1.63. The summed E-state index contributed by atoms with van der Waals surface area (Å²) in [5, 5.41) is 6.48. The van der Waals surface area contributed by atoms with Gasteiger partial charge in [0.2, 0.25) is 0 Å². The van der Waals surface area contributed by atoms with Crippen LogP contribution < -0.4 is 22.1 Å². The number of rotatable bonds is 5. The highest BCUT2D eigenvalue weighted by Crippen LogP contribution is 2.10. The normalized spacial score (nSPS) is 10.0. The summed E-state index contributed by atoms with van der Waals surface area (Å²) in [7, 11) is 0. The number of hydrogen-bond donors (Lipinski definition) is 4. The van der Waals surface area contributed by atoms with Gasteiger partial charge in [-0.05, 0) is 36.4 Å². The summed E-state index contributed by atoms with van der Waals surface area (Å²) in [4.78, 5) is 4.15. The van der Waals surface area contributed by atoms with Gasteiger partial charge in [0.25, 0.3) is 0 Å². The number of nitrogens with one attached hydrogen (secondary N) is 2. The minimum Gasteiger partial charge on any atom is -0.399 e. The molecule has 0 fully saturated rings. The van der Waals surface area contributed by atoms with Crippen LogP contribution in [0, 0.1) is 0 Å². The quantitative estimate of drug-likeness (QED) is 0.475. The number of pyridine rings is 1. The number of aromatic nitrogens is 1. The second-order valence-electron chi connectivity index (χ2n) is 3.95. The molecule has 1 heterocycles. The van der Waals surface area contributed by atoms with E-state index in [1.54, 1.807) is 6.20 Å². The Morgan fingerprint density at radius 3 is 2.17 bits per heavy atom. The van der Waals surface area contributed by atoms with E-state index in [1.807, 2.05) is 36.4 Å². The van der Waals surface area contributed by atoms with E-state index < -0.39 is 0 Å². The molecule has 0 amide bonds. The molecule has 0 unspecified atom stereocenters. The molecule has 18 heavy (non-hydrogen) atoms. The fourth-order valence-corrected chi connectivity index (χ4v) is 1.51. The number of benzene rings is 1. The van der Waals surface area contributed by atoms with Crippen molar-refractivity contribution in [3.63, 3.8) is 0 Å². The van der Waals surface area contributed by atoms with E-state index >= 15 is 0 Å². The zero-order chi connectivity index (χ0) is 12.8. The third-order valence-electron chi connectivity index (χ3n) is 2.46. The molecule has 1 aromatic heterocycles. The molecule has 2 aromatic rings. The largest absolute Gasteiger partial charge is 0.399 e. The Morgan fingerprint density at radius 2 is 1.50 bits per heavy atom. The van der Waals surface area contributed by atoms with Gasteiger partial charge in [0, 0.05) is 24.5 Å². The highest BCUT2D eigenvalue weighted by molar-refractivity contribution is 5.51. The van der Waals surface area contributed by atoms with Crippen LogP contribution >= 0.6 is 0 Å². The first kappa shape index (κ1) is 12.0. The van der Waals surface area contributed by atoms with E-state index in [0.29, 0.717) is 5.69 Å². The smallest absolute Gasteiger partial charge is 0.126 e. The van der Waals surface area contributed by atoms with Crippen LogP contribution in [0.15, 0.2) is 42.6 Å². The van der Waals surface area contributed by atoms with Crippen LogP contribution in [-0.2, 0) is 0 Å². The van der Waals surface area contributed by atoms with E-state index in [0.717, 1.165) is 30.3 Å². The molecule has 2 rings (SSSR count). The van der Waals surface area contributed by atoms with Gasteiger partial charge in [-0.15, -0.1) is 0 Å². The van der Waals surface area contributed by atoms with Gasteiger partial charge in [0.1, 0.15) is 5.82 Å². The van der Waals surface area contributed by atoms with Crippen LogP contribution in [0.4, 0.5) is 22.9 Å². The minimum atomic E-state index is 0.667. The van der Waals surface area contributed by atoms with Crippen LogP contribution in [0.5, 0.6) is 0 Å². The van der Waals surface area contributed by atoms with Crippen LogP contribution in [-0.4, -0.2) is 18.1 Å². The third kappa shape index (κ3) is 3.55. The van der Waals surface area contributed by atoms with Crippen molar-refractivity contribution in [3.05, 3.63) is 42.6 Å². The molecule has 0 radical (unpaired) electrons. The Kier molecular flexibility index (Phi) is 3.86. The molecule has 6 N–H and O–H groups in total. The van der Waals surface area contributed by atoms with Crippen molar-refractivity contribution in [2.45, 2.75) is 0 Å². The molecule has 0 saturated heterocycles. The predicted octanol–water partition coefficient (Wildman–Crippen LogP) is 1.77. The van der Waals surface area contributed by atoms with Crippen molar-refractivity contribution in [3.8, 4) is 0 Å². The number of anilines is 4. The van der Waals surface area contributed by atoms with Crippen LogP contribution in [0.1, 0.15) is 0 Å². The molecule has 5 heteroatoms. The molecule has 94 valence electrons. The Bertz CT molecular complexity index is 430. The lowest BCUT2D eigenvalue weighted by molar-refractivity contribution is 1.06. The summed E-state index contributed by atoms with van der Waals surface area (Å²) >= 11 is 0. The van der Waals surface area contributed by atoms with Gasteiger partial charge in [-0.1, -0.05) is 0 Å². The Morgan fingerprint density at radius 1 is 0.833 bits per heavy atom. The van der Waals surface area contributed by atoms with Crippen molar-refractivity contribution in [2.24, 2.45) is 0 Å². The third-order valence-corrected chi connectivity index (χ3v) is 2.46. The van der Waals surface area contributed by atoms with Gasteiger partial charge in [-0.25, -0.2) is 4.98 Å². The van der Waals surface area contributed by atoms with Crippen molar-refractivity contribution in [2.75, 3.05) is 35.2 Å². The molecule has 0 aliphatic heterocycles. The maximum Gasteiger partial charge on any atom is 0.126 e. The molecule has 5 nitrogen and oxygen atoms in total. The summed E-state index contributed by atoms with van der Waals surface area (Å²) in [6, 6.07) is 11.3. The molecular weight excluding hydrogens is 226 g/mol. The fourth-order valence-electron chi connectivity index (χ4n) is 1.51. The van der Waals surface area contributed by atoms with Gasteiger partial charge in [0.15, 0.2) is 0 Å². The average molecular weight is 243 g/mol. The van der Waals surface area contributed by atoms with Crippen LogP contribution in [0.2, 0.25) is 0 Å². The van der Waals surface area contributed by atoms with Crippen molar-refractivity contribution >= 4 is 22.9 Å².